The van der Waals surface area contributed by atoms with E-state index < -0.39 is 12.0 Å². The molecule has 1 aromatic heterocycles. The molecule has 0 amide bonds. The third kappa shape index (κ3) is 5.51. The van der Waals surface area contributed by atoms with Crippen molar-refractivity contribution in [3.05, 3.63) is 113 Å². The molecule has 0 spiro atoms. The molecule has 0 fully saturated rings. The summed E-state index contributed by atoms with van der Waals surface area (Å²) in [6.07, 6.45) is 1.77. The first-order valence-electron chi connectivity index (χ1n) is 13.5. The van der Waals surface area contributed by atoms with Gasteiger partial charge in [0.15, 0.2) is 27.8 Å². The van der Waals surface area contributed by atoms with Crippen molar-refractivity contribution in [3.8, 4) is 23.0 Å². The fraction of sp³-hybridized carbons (Fsp3) is 0.219. The lowest BCUT2D eigenvalue weighted by Crippen LogP contribution is -2.39. The monoisotopic (exact) mass is 618 g/mol. The standard InChI is InChI=1S/C32H27ClN2O7S/c1-4-39-31(37)28-18(2)34-32-35(29(28)20-10-12-24-26(15-20)42-17-41-24)30(36)27(43-32)14-19-9-11-23(25(13-19)38-3)40-16-21-7-5-6-8-22(21)33/h5-15,29H,4,16-17H2,1-3H3. The van der Waals surface area contributed by atoms with E-state index in [9.17, 15) is 9.59 Å². The predicted molar refractivity (Wildman–Crippen MR) is 162 cm³/mol. The Balaban J connectivity index is 1.40. The Morgan fingerprint density at radius 3 is 2.72 bits per heavy atom. The summed E-state index contributed by atoms with van der Waals surface area (Å²) in [6.45, 7) is 4.05. The van der Waals surface area contributed by atoms with Crippen LogP contribution in [0, 0.1) is 0 Å². The molecule has 43 heavy (non-hydrogen) atoms. The van der Waals surface area contributed by atoms with Crippen LogP contribution in [-0.4, -0.2) is 31.0 Å². The second kappa shape index (κ2) is 12.0. The zero-order valence-corrected chi connectivity index (χ0v) is 25.2. The first-order valence-corrected chi connectivity index (χ1v) is 14.7. The number of hydrogen-bond acceptors (Lipinski definition) is 9. The largest absolute Gasteiger partial charge is 0.493 e. The molecule has 0 bridgehead atoms. The number of aromatic nitrogens is 1. The van der Waals surface area contributed by atoms with E-state index in [1.807, 2.05) is 36.4 Å². The highest BCUT2D eigenvalue weighted by atomic mass is 35.5. The molecule has 0 aliphatic carbocycles. The van der Waals surface area contributed by atoms with Gasteiger partial charge in [0.05, 0.1) is 35.6 Å². The van der Waals surface area contributed by atoms with Crippen molar-refractivity contribution in [2.24, 2.45) is 4.99 Å². The lowest BCUT2D eigenvalue weighted by atomic mass is 9.95. The van der Waals surface area contributed by atoms with Gasteiger partial charge in [0.2, 0.25) is 6.79 Å². The molecule has 0 radical (unpaired) electrons. The maximum absolute atomic E-state index is 14.0. The summed E-state index contributed by atoms with van der Waals surface area (Å²) in [4.78, 5) is 32.2. The highest BCUT2D eigenvalue weighted by Gasteiger charge is 2.34. The van der Waals surface area contributed by atoms with Crippen LogP contribution >= 0.6 is 22.9 Å². The van der Waals surface area contributed by atoms with Crippen LogP contribution in [0.1, 0.15) is 36.6 Å². The number of rotatable bonds is 8. The number of carbonyl (C=O) groups excluding carboxylic acids is 1. The van der Waals surface area contributed by atoms with Gasteiger partial charge in [-0.05, 0) is 61.4 Å². The molecule has 11 heteroatoms. The molecule has 2 aliphatic heterocycles. The fourth-order valence-corrected chi connectivity index (χ4v) is 6.24. The lowest BCUT2D eigenvalue weighted by molar-refractivity contribution is -0.139. The van der Waals surface area contributed by atoms with Crippen molar-refractivity contribution < 1.29 is 28.5 Å². The van der Waals surface area contributed by atoms with Crippen molar-refractivity contribution in [3.63, 3.8) is 0 Å². The summed E-state index contributed by atoms with van der Waals surface area (Å²) in [5, 5.41) is 0.619. The minimum Gasteiger partial charge on any atom is -0.493 e. The summed E-state index contributed by atoms with van der Waals surface area (Å²) < 4.78 is 30.0. The Kier molecular flexibility index (Phi) is 7.96. The molecular weight excluding hydrogens is 592 g/mol. The van der Waals surface area contributed by atoms with E-state index in [2.05, 4.69) is 4.99 Å². The summed E-state index contributed by atoms with van der Waals surface area (Å²) in [5.41, 5.74) is 2.74. The number of thiazole rings is 1. The minimum absolute atomic E-state index is 0.106. The van der Waals surface area contributed by atoms with Gasteiger partial charge in [-0.25, -0.2) is 9.79 Å². The maximum atomic E-state index is 14.0. The van der Waals surface area contributed by atoms with Crippen LogP contribution in [0.3, 0.4) is 0 Å². The van der Waals surface area contributed by atoms with Crippen molar-refractivity contribution >= 4 is 35.0 Å². The second-order valence-corrected chi connectivity index (χ2v) is 11.1. The molecule has 220 valence electrons. The highest BCUT2D eigenvalue weighted by molar-refractivity contribution is 7.07. The van der Waals surface area contributed by atoms with Gasteiger partial charge in [-0.3, -0.25) is 9.36 Å². The van der Waals surface area contributed by atoms with Gasteiger partial charge in [0.25, 0.3) is 5.56 Å². The topological polar surface area (TPSA) is 97.6 Å². The molecule has 3 aromatic carbocycles. The second-order valence-electron chi connectivity index (χ2n) is 9.71. The number of benzene rings is 3. The van der Waals surface area contributed by atoms with Gasteiger partial charge < -0.3 is 23.7 Å². The lowest BCUT2D eigenvalue weighted by Gasteiger charge is -2.24. The Labute approximate surface area is 255 Å². The minimum atomic E-state index is -0.762. The number of nitrogens with zero attached hydrogens (tertiary/aromatic N) is 2. The summed E-state index contributed by atoms with van der Waals surface area (Å²) in [7, 11) is 1.56. The van der Waals surface area contributed by atoms with Crippen LogP contribution in [0.15, 0.2) is 81.7 Å². The van der Waals surface area contributed by atoms with Crippen LogP contribution in [0.25, 0.3) is 6.08 Å². The number of allylic oxidation sites excluding steroid dienone is 1. The van der Waals surface area contributed by atoms with Crippen molar-refractivity contribution in [1.82, 2.24) is 4.57 Å². The molecular formula is C32H27ClN2O7S. The first-order chi connectivity index (χ1) is 20.9. The van der Waals surface area contributed by atoms with Gasteiger partial charge in [-0.15, -0.1) is 0 Å². The predicted octanol–water partition coefficient (Wildman–Crippen LogP) is 4.77. The van der Waals surface area contributed by atoms with Crippen molar-refractivity contribution in [2.45, 2.75) is 26.5 Å². The maximum Gasteiger partial charge on any atom is 0.338 e. The van der Waals surface area contributed by atoms with E-state index in [1.165, 1.54) is 15.9 Å². The highest BCUT2D eigenvalue weighted by Crippen LogP contribution is 2.38. The molecule has 0 saturated carbocycles. The third-order valence-corrected chi connectivity index (χ3v) is 8.41. The molecule has 9 nitrogen and oxygen atoms in total. The zero-order chi connectivity index (χ0) is 30.1. The van der Waals surface area contributed by atoms with E-state index in [0.717, 1.165) is 11.1 Å². The van der Waals surface area contributed by atoms with Gasteiger partial charge in [0, 0.05) is 10.6 Å². The van der Waals surface area contributed by atoms with E-state index in [-0.39, 0.29) is 25.6 Å². The van der Waals surface area contributed by atoms with Crippen LogP contribution < -0.4 is 33.8 Å². The van der Waals surface area contributed by atoms with E-state index >= 15 is 0 Å². The number of esters is 1. The molecule has 6 rings (SSSR count). The SMILES string of the molecule is CCOC(=O)C1=C(C)N=c2sc(=Cc3ccc(OCc4ccccc4Cl)c(OC)c3)c(=O)n2C1c1ccc2c(c1)OCO2. The first kappa shape index (κ1) is 28.6. The number of hydrogen-bond donors (Lipinski definition) is 0. The smallest absolute Gasteiger partial charge is 0.338 e. The fourth-order valence-electron chi connectivity index (χ4n) is 5.01. The molecule has 1 unspecified atom stereocenters. The van der Waals surface area contributed by atoms with Gasteiger partial charge in [-0.2, -0.15) is 0 Å². The van der Waals surface area contributed by atoms with E-state index in [4.69, 9.17) is 35.3 Å². The van der Waals surface area contributed by atoms with E-state index in [1.54, 1.807) is 51.3 Å². The average Bonchev–Trinajstić information content (AvgIpc) is 3.59. The van der Waals surface area contributed by atoms with Gasteiger partial charge in [-0.1, -0.05) is 53.3 Å². The summed E-state index contributed by atoms with van der Waals surface area (Å²) in [6, 6.07) is 17.5. The number of carbonyl (C=O) groups is 1. The number of ether oxygens (including phenoxy) is 5. The molecule has 4 aromatic rings. The van der Waals surface area contributed by atoms with E-state index in [0.29, 0.717) is 54.2 Å². The van der Waals surface area contributed by atoms with Gasteiger partial charge >= 0.3 is 5.97 Å². The Morgan fingerprint density at radius 2 is 1.93 bits per heavy atom. The van der Waals surface area contributed by atoms with Crippen LogP contribution in [0.5, 0.6) is 23.0 Å². The van der Waals surface area contributed by atoms with Crippen molar-refractivity contribution in [2.75, 3.05) is 20.5 Å². The number of methoxy groups -OCH3 is 1. The number of fused-ring (bicyclic) bond motifs is 2. The van der Waals surface area contributed by atoms with Gasteiger partial charge in [0.1, 0.15) is 6.61 Å². The molecule has 0 N–H and O–H groups in total. The van der Waals surface area contributed by atoms with Crippen LogP contribution in [0.4, 0.5) is 0 Å². The number of halogens is 1. The molecule has 2 aliphatic rings. The summed E-state index contributed by atoms with van der Waals surface area (Å²) >= 11 is 7.51. The zero-order valence-electron chi connectivity index (χ0n) is 23.6. The molecule has 0 saturated heterocycles. The molecule has 3 heterocycles. The third-order valence-electron chi connectivity index (χ3n) is 7.06. The summed E-state index contributed by atoms with van der Waals surface area (Å²) in [5.74, 6) is 1.66. The van der Waals surface area contributed by atoms with Crippen molar-refractivity contribution in [1.29, 1.82) is 0 Å². The van der Waals surface area contributed by atoms with Crippen LogP contribution in [0.2, 0.25) is 5.02 Å². The Bertz CT molecular complexity index is 1950. The Hall–Kier alpha value is -4.54. The molecule has 1 atom stereocenters. The average molecular weight is 619 g/mol. The Morgan fingerprint density at radius 1 is 1.12 bits per heavy atom. The quantitative estimate of drug-likeness (QED) is 0.263. The van der Waals surface area contributed by atoms with Crippen LogP contribution in [-0.2, 0) is 16.1 Å². The normalized spacial score (nSPS) is 15.6.